The van der Waals surface area contributed by atoms with Crippen LogP contribution in [-0.4, -0.2) is 30.2 Å². The summed E-state index contributed by atoms with van der Waals surface area (Å²) >= 11 is 0. The molecule has 0 radical (unpaired) electrons. The number of nitrogens with two attached hydrogens (primary N) is 1. The lowest BCUT2D eigenvalue weighted by molar-refractivity contribution is -0.385. The molecule has 0 bridgehead atoms. The van der Waals surface area contributed by atoms with Crippen LogP contribution in [-0.2, 0) is 9.47 Å². The van der Waals surface area contributed by atoms with E-state index in [0.29, 0.717) is 30.0 Å². The van der Waals surface area contributed by atoms with Crippen molar-refractivity contribution in [1.29, 1.82) is 0 Å². The first kappa shape index (κ1) is 24.8. The Kier molecular flexibility index (Phi) is 7.60. The standard InChI is InChI=1S/C12H14N2O4.C12H16N2O2/c1-3-6-13-11-5-4-9(14(16)17)7-10(11)8(2)18-12(13)15;1-3-6-14-11-5-4-9(13)7-10(11)8(2)16-12(14)15/h4-5,7-8H,3,6H2,1-2H3;4-5,7-8H,3,6,13H2,1-2H3. The summed E-state index contributed by atoms with van der Waals surface area (Å²) in [5.74, 6) is 0. The third-order valence-electron chi connectivity index (χ3n) is 5.62. The number of nitro groups is 1. The summed E-state index contributed by atoms with van der Waals surface area (Å²) in [5.41, 5.74) is 9.72. The van der Waals surface area contributed by atoms with Gasteiger partial charge in [-0.1, -0.05) is 13.8 Å². The molecular weight excluding hydrogens is 440 g/mol. The number of amides is 2. The monoisotopic (exact) mass is 470 g/mol. The number of ether oxygens (including phenoxy) is 2. The maximum absolute atomic E-state index is 11.7. The first-order valence-corrected chi connectivity index (χ1v) is 11.3. The molecule has 10 nitrogen and oxygen atoms in total. The summed E-state index contributed by atoms with van der Waals surface area (Å²) in [4.78, 5) is 36.9. The fourth-order valence-electron chi connectivity index (χ4n) is 4.00. The van der Waals surface area contributed by atoms with Crippen molar-refractivity contribution in [3.63, 3.8) is 0 Å². The number of carbonyl (C=O) groups excluding carboxylic acids is 2. The maximum atomic E-state index is 11.7. The smallest absolute Gasteiger partial charge is 0.414 e. The number of nitro benzene ring substituents is 1. The minimum atomic E-state index is -0.458. The zero-order valence-corrected chi connectivity index (χ0v) is 19.8. The van der Waals surface area contributed by atoms with Crippen LogP contribution in [0.5, 0.6) is 0 Å². The van der Waals surface area contributed by atoms with Crippen LogP contribution in [0.1, 0.15) is 63.9 Å². The molecule has 2 heterocycles. The number of rotatable bonds is 5. The molecular formula is C24H30N4O6. The number of non-ortho nitro benzene ring substituents is 1. The number of benzene rings is 2. The van der Waals surface area contributed by atoms with E-state index < -0.39 is 17.1 Å². The molecule has 2 aliphatic heterocycles. The predicted molar refractivity (Wildman–Crippen MR) is 129 cm³/mol. The van der Waals surface area contributed by atoms with Crippen LogP contribution in [0.3, 0.4) is 0 Å². The SMILES string of the molecule is CCCN1C(=O)OC(C)c2cc(N)ccc21.CCCN1C(=O)OC(C)c2cc([N+](=O)[O-])ccc21. The lowest BCUT2D eigenvalue weighted by Crippen LogP contribution is -2.37. The van der Waals surface area contributed by atoms with Crippen LogP contribution in [0.15, 0.2) is 36.4 Å². The van der Waals surface area contributed by atoms with Crippen molar-refractivity contribution in [3.05, 3.63) is 57.6 Å². The van der Waals surface area contributed by atoms with Crippen molar-refractivity contribution in [1.82, 2.24) is 0 Å². The Hall–Kier alpha value is -3.82. The average molecular weight is 471 g/mol. The summed E-state index contributed by atoms with van der Waals surface area (Å²) in [5, 5.41) is 10.7. The van der Waals surface area contributed by atoms with E-state index in [9.17, 15) is 19.7 Å². The fourth-order valence-corrected chi connectivity index (χ4v) is 4.00. The van der Waals surface area contributed by atoms with Crippen molar-refractivity contribution in [2.24, 2.45) is 0 Å². The van der Waals surface area contributed by atoms with Gasteiger partial charge in [0, 0.05) is 42.0 Å². The highest BCUT2D eigenvalue weighted by Gasteiger charge is 2.31. The number of anilines is 3. The summed E-state index contributed by atoms with van der Waals surface area (Å²) in [7, 11) is 0. The number of hydrogen-bond acceptors (Lipinski definition) is 7. The van der Waals surface area contributed by atoms with Gasteiger partial charge < -0.3 is 15.2 Å². The molecule has 0 spiro atoms. The summed E-state index contributed by atoms with van der Waals surface area (Å²) in [6.07, 6.45) is 0.338. The first-order valence-electron chi connectivity index (χ1n) is 11.3. The summed E-state index contributed by atoms with van der Waals surface area (Å²) < 4.78 is 10.4. The van der Waals surface area contributed by atoms with E-state index in [0.717, 1.165) is 24.1 Å². The minimum Gasteiger partial charge on any atom is -0.441 e. The third-order valence-corrected chi connectivity index (χ3v) is 5.62. The van der Waals surface area contributed by atoms with E-state index in [1.54, 1.807) is 17.9 Å². The molecule has 2 N–H and O–H groups in total. The van der Waals surface area contributed by atoms with Gasteiger partial charge in [0.15, 0.2) is 0 Å². The number of hydrogen-bond donors (Lipinski definition) is 1. The molecule has 0 fully saturated rings. The van der Waals surface area contributed by atoms with E-state index in [1.807, 2.05) is 39.0 Å². The van der Waals surface area contributed by atoms with Crippen LogP contribution in [0.4, 0.5) is 32.3 Å². The Labute approximate surface area is 198 Å². The second-order valence-electron chi connectivity index (χ2n) is 8.17. The van der Waals surface area contributed by atoms with E-state index in [1.165, 1.54) is 17.0 Å². The molecule has 2 aromatic rings. The fraction of sp³-hybridized carbons (Fsp3) is 0.417. The van der Waals surface area contributed by atoms with Gasteiger partial charge in [-0.3, -0.25) is 19.9 Å². The average Bonchev–Trinajstić information content (AvgIpc) is 2.79. The molecule has 4 rings (SSSR count). The van der Waals surface area contributed by atoms with Crippen LogP contribution >= 0.6 is 0 Å². The van der Waals surface area contributed by atoms with Crippen molar-refractivity contribution in [2.75, 3.05) is 28.6 Å². The molecule has 2 unspecified atom stereocenters. The quantitative estimate of drug-likeness (QED) is 0.336. The van der Waals surface area contributed by atoms with E-state index in [4.69, 9.17) is 15.2 Å². The predicted octanol–water partition coefficient (Wildman–Crippen LogP) is 5.72. The zero-order valence-electron chi connectivity index (χ0n) is 19.8. The lowest BCUT2D eigenvalue weighted by Gasteiger charge is -2.32. The van der Waals surface area contributed by atoms with E-state index in [2.05, 4.69) is 0 Å². The first-order chi connectivity index (χ1) is 16.2. The Morgan fingerprint density at radius 3 is 1.82 bits per heavy atom. The largest absolute Gasteiger partial charge is 0.441 e. The van der Waals surface area contributed by atoms with Gasteiger partial charge >= 0.3 is 12.2 Å². The zero-order chi connectivity index (χ0) is 25.0. The van der Waals surface area contributed by atoms with Crippen LogP contribution < -0.4 is 15.5 Å². The second kappa shape index (κ2) is 10.4. The van der Waals surface area contributed by atoms with Crippen molar-refractivity contribution < 1.29 is 24.0 Å². The minimum absolute atomic E-state index is 0.00926. The highest BCUT2D eigenvalue weighted by molar-refractivity contribution is 5.92. The Bertz CT molecular complexity index is 1090. The summed E-state index contributed by atoms with van der Waals surface area (Å²) in [6.45, 7) is 8.76. The molecule has 0 saturated carbocycles. The molecule has 34 heavy (non-hydrogen) atoms. The Balaban J connectivity index is 0.000000192. The molecule has 2 amide bonds. The molecule has 182 valence electrons. The van der Waals surface area contributed by atoms with Gasteiger partial charge in [0.25, 0.3) is 5.69 Å². The molecule has 2 aliphatic rings. The molecule has 0 aliphatic carbocycles. The number of carbonyl (C=O) groups is 2. The highest BCUT2D eigenvalue weighted by atomic mass is 16.6. The van der Waals surface area contributed by atoms with Gasteiger partial charge in [0.1, 0.15) is 12.2 Å². The van der Waals surface area contributed by atoms with Crippen molar-refractivity contribution >= 4 is 34.9 Å². The molecule has 0 aromatic heterocycles. The van der Waals surface area contributed by atoms with Crippen LogP contribution in [0, 0.1) is 10.1 Å². The molecule has 0 saturated heterocycles. The van der Waals surface area contributed by atoms with Gasteiger partial charge in [0.2, 0.25) is 0 Å². The van der Waals surface area contributed by atoms with Crippen LogP contribution in [0.25, 0.3) is 0 Å². The van der Waals surface area contributed by atoms with Gasteiger partial charge in [0.05, 0.1) is 16.3 Å². The maximum Gasteiger partial charge on any atom is 0.414 e. The number of nitrogens with zero attached hydrogens (tertiary/aromatic N) is 3. The molecule has 2 aromatic carbocycles. The van der Waals surface area contributed by atoms with E-state index in [-0.39, 0.29) is 17.9 Å². The molecule has 10 heteroatoms. The number of cyclic esters (lactones) is 2. The number of nitrogen functional groups attached to an aromatic ring is 1. The highest BCUT2D eigenvalue weighted by Crippen LogP contribution is 2.37. The van der Waals surface area contributed by atoms with Gasteiger partial charge in [-0.15, -0.1) is 0 Å². The summed E-state index contributed by atoms with van der Waals surface area (Å²) in [6, 6.07) is 10.1. The topological polar surface area (TPSA) is 128 Å². The second-order valence-corrected chi connectivity index (χ2v) is 8.17. The van der Waals surface area contributed by atoms with E-state index >= 15 is 0 Å². The van der Waals surface area contributed by atoms with Crippen molar-refractivity contribution in [2.45, 2.75) is 52.7 Å². The van der Waals surface area contributed by atoms with Crippen LogP contribution in [0.2, 0.25) is 0 Å². The Morgan fingerprint density at radius 2 is 1.35 bits per heavy atom. The van der Waals surface area contributed by atoms with Gasteiger partial charge in [-0.05, 0) is 51.0 Å². The number of fused-ring (bicyclic) bond motifs is 2. The lowest BCUT2D eigenvalue weighted by atomic mass is 10.0. The normalized spacial score (nSPS) is 18.7. The van der Waals surface area contributed by atoms with Crippen molar-refractivity contribution in [3.8, 4) is 0 Å². The Morgan fingerprint density at radius 1 is 0.882 bits per heavy atom. The van der Waals surface area contributed by atoms with Gasteiger partial charge in [-0.2, -0.15) is 0 Å². The van der Waals surface area contributed by atoms with Gasteiger partial charge in [-0.25, -0.2) is 9.59 Å². The molecule has 2 atom stereocenters. The third kappa shape index (κ3) is 5.05.